The van der Waals surface area contributed by atoms with Gasteiger partial charge >= 0.3 is 6.09 Å². The number of halogens is 1. The number of nitrogens with two attached hydrogens (primary N) is 1. The molecule has 1 saturated carbocycles. The first-order valence-corrected chi connectivity index (χ1v) is 12.0. The lowest BCUT2D eigenvalue weighted by Crippen LogP contribution is -2.49. The molecule has 0 bridgehead atoms. The summed E-state index contributed by atoms with van der Waals surface area (Å²) in [6, 6.07) is 11.1. The number of benzene rings is 2. The molecule has 2 aromatic carbocycles. The molecule has 3 atom stereocenters. The second-order valence-electron chi connectivity index (χ2n) is 8.88. The van der Waals surface area contributed by atoms with Crippen molar-refractivity contribution >= 4 is 27.5 Å². The molecule has 172 valence electrons. The van der Waals surface area contributed by atoms with Gasteiger partial charge in [0.05, 0.1) is 10.4 Å². The molecule has 1 amide bonds. The van der Waals surface area contributed by atoms with Crippen LogP contribution in [-0.4, -0.2) is 44.2 Å². The van der Waals surface area contributed by atoms with Crippen molar-refractivity contribution in [2.45, 2.75) is 48.0 Å². The molecule has 3 N–H and O–H groups in total. The first kappa shape index (κ1) is 22.7. The summed E-state index contributed by atoms with van der Waals surface area (Å²) in [4.78, 5) is 12.7. The number of fused-ring (bicyclic) bond motifs is 1. The quantitative estimate of drug-likeness (QED) is 0.674. The van der Waals surface area contributed by atoms with E-state index in [-0.39, 0.29) is 18.2 Å². The molecule has 0 saturated heterocycles. The SMILES string of the molecule is CC(C)(C)OC(=O)N[C@]1(CN)[C@H](c2ccc3c(c2)OCO3)[C@H]1S(=O)(=O)c1ccc(Cl)cc1. The van der Waals surface area contributed by atoms with Crippen LogP contribution in [0.25, 0.3) is 0 Å². The van der Waals surface area contributed by atoms with Gasteiger partial charge in [-0.15, -0.1) is 0 Å². The normalized spacial score (nSPS) is 24.2. The van der Waals surface area contributed by atoms with Crippen LogP contribution < -0.4 is 20.5 Å². The van der Waals surface area contributed by atoms with Crippen LogP contribution >= 0.6 is 11.6 Å². The van der Waals surface area contributed by atoms with Crippen LogP contribution in [0.3, 0.4) is 0 Å². The van der Waals surface area contributed by atoms with Gasteiger partial charge in [-0.25, -0.2) is 13.2 Å². The topological polar surface area (TPSA) is 117 Å². The predicted octanol–water partition coefficient (Wildman–Crippen LogP) is 3.23. The van der Waals surface area contributed by atoms with Crippen molar-refractivity contribution in [3.63, 3.8) is 0 Å². The maximum atomic E-state index is 13.6. The van der Waals surface area contributed by atoms with E-state index in [1.54, 1.807) is 39.0 Å². The summed E-state index contributed by atoms with van der Waals surface area (Å²) in [5, 5.41) is 2.18. The van der Waals surface area contributed by atoms with Crippen molar-refractivity contribution in [2.75, 3.05) is 13.3 Å². The summed E-state index contributed by atoms with van der Waals surface area (Å²) in [5.41, 5.74) is 4.75. The molecule has 1 aliphatic heterocycles. The van der Waals surface area contributed by atoms with Crippen molar-refractivity contribution in [3.8, 4) is 11.5 Å². The summed E-state index contributed by atoms with van der Waals surface area (Å²) in [6.07, 6.45) is -0.734. The van der Waals surface area contributed by atoms with Gasteiger partial charge in [-0.2, -0.15) is 0 Å². The maximum Gasteiger partial charge on any atom is 0.408 e. The van der Waals surface area contributed by atoms with Crippen molar-refractivity contribution < 1.29 is 27.4 Å². The highest BCUT2D eigenvalue weighted by Crippen LogP contribution is 2.58. The minimum Gasteiger partial charge on any atom is -0.454 e. The Morgan fingerprint density at radius 1 is 1.19 bits per heavy atom. The molecule has 0 radical (unpaired) electrons. The molecule has 0 spiro atoms. The molecule has 0 aromatic heterocycles. The van der Waals surface area contributed by atoms with E-state index in [4.69, 9.17) is 31.5 Å². The first-order valence-electron chi connectivity index (χ1n) is 10.1. The number of ether oxygens (including phenoxy) is 3. The summed E-state index contributed by atoms with van der Waals surface area (Å²) in [7, 11) is -3.88. The highest BCUT2D eigenvalue weighted by Gasteiger charge is 2.72. The van der Waals surface area contributed by atoms with Gasteiger partial charge in [-0.3, -0.25) is 0 Å². The lowest BCUT2D eigenvalue weighted by atomic mass is 10.1. The van der Waals surface area contributed by atoms with E-state index in [9.17, 15) is 13.2 Å². The zero-order valence-corrected chi connectivity index (χ0v) is 19.5. The number of carbonyl (C=O) groups excluding carboxylic acids is 1. The van der Waals surface area contributed by atoms with Gasteiger partial charge in [0.2, 0.25) is 6.79 Å². The molecule has 1 fully saturated rings. The molecule has 0 unspecified atom stereocenters. The Bertz CT molecular complexity index is 1150. The Balaban J connectivity index is 1.75. The molecule has 2 aromatic rings. The number of hydrogen-bond acceptors (Lipinski definition) is 7. The van der Waals surface area contributed by atoms with Crippen LogP contribution in [0.5, 0.6) is 11.5 Å². The van der Waals surface area contributed by atoms with Gasteiger partial charge < -0.3 is 25.3 Å². The van der Waals surface area contributed by atoms with Crippen LogP contribution in [0.2, 0.25) is 5.02 Å². The predicted molar refractivity (Wildman–Crippen MR) is 119 cm³/mol. The van der Waals surface area contributed by atoms with E-state index in [0.717, 1.165) is 0 Å². The Morgan fingerprint density at radius 3 is 2.47 bits per heavy atom. The number of amides is 1. The van der Waals surface area contributed by atoms with Gasteiger partial charge in [0.15, 0.2) is 21.3 Å². The van der Waals surface area contributed by atoms with Crippen LogP contribution in [0.15, 0.2) is 47.4 Å². The second-order valence-corrected chi connectivity index (χ2v) is 11.4. The number of sulfone groups is 1. The van der Waals surface area contributed by atoms with E-state index in [1.807, 2.05) is 0 Å². The molecule has 1 heterocycles. The molecule has 10 heteroatoms. The summed E-state index contributed by atoms with van der Waals surface area (Å²) in [6.45, 7) is 5.17. The van der Waals surface area contributed by atoms with Crippen molar-refractivity contribution in [1.82, 2.24) is 5.32 Å². The van der Waals surface area contributed by atoms with E-state index in [1.165, 1.54) is 24.3 Å². The standard InChI is InChI=1S/C22H25ClN2O6S/c1-21(2,3)31-20(26)25-22(11-24)18(13-4-9-16-17(10-13)30-12-29-16)19(22)32(27,28)15-7-5-14(23)6-8-15/h4-10,18-19H,11-12,24H2,1-3H3,(H,25,26)/t18-,19-,22-/m1/s1. The molecular weight excluding hydrogens is 456 g/mol. The highest BCUT2D eigenvalue weighted by atomic mass is 35.5. The first-order chi connectivity index (χ1) is 15.0. The highest BCUT2D eigenvalue weighted by molar-refractivity contribution is 7.92. The van der Waals surface area contributed by atoms with Crippen molar-refractivity contribution in [1.29, 1.82) is 0 Å². The fraction of sp³-hybridized carbons (Fsp3) is 0.409. The zero-order valence-electron chi connectivity index (χ0n) is 17.9. The van der Waals surface area contributed by atoms with Gasteiger partial charge in [0, 0.05) is 17.5 Å². The van der Waals surface area contributed by atoms with Crippen LogP contribution in [0.4, 0.5) is 4.79 Å². The summed E-state index contributed by atoms with van der Waals surface area (Å²) < 4.78 is 43.4. The third-order valence-corrected chi connectivity index (χ3v) is 8.10. The fourth-order valence-corrected chi connectivity index (χ4v) is 6.62. The zero-order chi connectivity index (χ0) is 23.3. The van der Waals surface area contributed by atoms with Gasteiger partial charge in [-0.1, -0.05) is 17.7 Å². The number of alkyl carbamates (subject to hydrolysis) is 1. The number of nitrogens with one attached hydrogen (secondary N) is 1. The largest absolute Gasteiger partial charge is 0.454 e. The maximum absolute atomic E-state index is 13.6. The number of rotatable bonds is 5. The Kier molecular flexibility index (Phi) is 5.55. The molecule has 4 rings (SSSR count). The van der Waals surface area contributed by atoms with E-state index in [0.29, 0.717) is 22.1 Å². The van der Waals surface area contributed by atoms with E-state index in [2.05, 4.69) is 5.32 Å². The smallest absolute Gasteiger partial charge is 0.408 e. The Labute approximate surface area is 191 Å². The van der Waals surface area contributed by atoms with Crippen molar-refractivity contribution in [2.24, 2.45) is 5.73 Å². The van der Waals surface area contributed by atoms with Gasteiger partial charge in [-0.05, 0) is 62.7 Å². The number of carbonyl (C=O) groups is 1. The van der Waals surface area contributed by atoms with Gasteiger partial charge in [0.1, 0.15) is 10.9 Å². The average molecular weight is 481 g/mol. The third-order valence-electron chi connectivity index (χ3n) is 5.56. The van der Waals surface area contributed by atoms with Crippen LogP contribution in [0.1, 0.15) is 32.3 Å². The van der Waals surface area contributed by atoms with Gasteiger partial charge in [0.25, 0.3) is 0 Å². The Morgan fingerprint density at radius 2 is 1.84 bits per heavy atom. The fourth-order valence-electron chi connectivity index (χ4n) is 4.15. The van der Waals surface area contributed by atoms with E-state index >= 15 is 0 Å². The number of hydrogen-bond donors (Lipinski definition) is 2. The molecular formula is C22H25ClN2O6S. The summed E-state index contributed by atoms with van der Waals surface area (Å²) >= 11 is 5.94. The minimum atomic E-state index is -3.88. The monoisotopic (exact) mass is 480 g/mol. The van der Waals surface area contributed by atoms with Crippen molar-refractivity contribution in [3.05, 3.63) is 53.1 Å². The third kappa shape index (κ3) is 4.00. The summed E-state index contributed by atoms with van der Waals surface area (Å²) in [5.74, 6) is 0.473. The second kappa shape index (κ2) is 7.83. The lowest BCUT2D eigenvalue weighted by molar-refractivity contribution is 0.0497. The Hall–Kier alpha value is -2.49. The molecule has 32 heavy (non-hydrogen) atoms. The molecule has 1 aliphatic carbocycles. The van der Waals surface area contributed by atoms with Crippen LogP contribution in [-0.2, 0) is 14.6 Å². The average Bonchev–Trinajstić information content (AvgIpc) is 3.13. The lowest BCUT2D eigenvalue weighted by Gasteiger charge is -2.24. The van der Waals surface area contributed by atoms with E-state index < -0.39 is 38.2 Å². The molecule has 8 nitrogen and oxygen atoms in total. The van der Waals surface area contributed by atoms with Crippen LogP contribution in [0, 0.1) is 0 Å². The minimum absolute atomic E-state index is 0.0914. The molecule has 2 aliphatic rings.